The predicted octanol–water partition coefficient (Wildman–Crippen LogP) is 3.12. The van der Waals surface area contributed by atoms with Gasteiger partial charge in [0.1, 0.15) is 0 Å². The van der Waals surface area contributed by atoms with E-state index in [2.05, 4.69) is 41.1 Å². The molecule has 3 nitrogen and oxygen atoms in total. The summed E-state index contributed by atoms with van der Waals surface area (Å²) in [5, 5.41) is 4.33. The van der Waals surface area contributed by atoms with Crippen LogP contribution in [-0.4, -0.2) is 43.2 Å². The lowest BCUT2D eigenvalue weighted by atomic mass is 10.0. The fourth-order valence-corrected chi connectivity index (χ4v) is 4.09. The first-order valence-corrected chi connectivity index (χ1v) is 8.57. The number of fused-ring (bicyclic) bond motifs is 1. The minimum atomic E-state index is 0.527. The Balaban J connectivity index is 1.87. The van der Waals surface area contributed by atoms with Crippen molar-refractivity contribution in [1.29, 1.82) is 0 Å². The van der Waals surface area contributed by atoms with E-state index in [0.717, 1.165) is 31.2 Å². The molecule has 4 heteroatoms. The van der Waals surface area contributed by atoms with Gasteiger partial charge in [0.25, 0.3) is 0 Å². The zero-order valence-electron chi connectivity index (χ0n) is 13.1. The van der Waals surface area contributed by atoms with Gasteiger partial charge in [0, 0.05) is 31.7 Å². The second-order valence-corrected chi connectivity index (χ2v) is 6.73. The van der Waals surface area contributed by atoms with Gasteiger partial charge in [-0.2, -0.15) is 0 Å². The normalized spacial score (nSPS) is 26.1. The lowest BCUT2D eigenvalue weighted by Crippen LogP contribution is -2.55. The number of halogens is 1. The van der Waals surface area contributed by atoms with Crippen LogP contribution in [0, 0.1) is 0 Å². The summed E-state index contributed by atoms with van der Waals surface area (Å²) in [6, 6.07) is 7.54. The molecule has 0 saturated carbocycles. The van der Waals surface area contributed by atoms with Crippen LogP contribution in [0.2, 0.25) is 5.02 Å². The number of benzene rings is 1. The predicted molar refractivity (Wildman–Crippen MR) is 90.2 cm³/mol. The van der Waals surface area contributed by atoms with Crippen molar-refractivity contribution in [2.75, 3.05) is 31.1 Å². The summed E-state index contributed by atoms with van der Waals surface area (Å²) in [6.45, 7) is 9.90. The largest absolute Gasteiger partial charge is 0.365 e. The highest BCUT2D eigenvalue weighted by Crippen LogP contribution is 2.35. The molecule has 0 radical (unpaired) electrons. The van der Waals surface area contributed by atoms with Gasteiger partial charge in [0.15, 0.2) is 0 Å². The molecule has 0 bridgehead atoms. The number of hydrogen-bond donors (Lipinski definition) is 1. The van der Waals surface area contributed by atoms with Crippen LogP contribution in [0.25, 0.3) is 0 Å². The molecule has 2 fully saturated rings. The van der Waals surface area contributed by atoms with Crippen molar-refractivity contribution in [3.63, 3.8) is 0 Å². The van der Waals surface area contributed by atoms with E-state index in [-0.39, 0.29) is 0 Å². The van der Waals surface area contributed by atoms with Crippen molar-refractivity contribution in [1.82, 2.24) is 10.2 Å². The van der Waals surface area contributed by atoms with Gasteiger partial charge >= 0.3 is 0 Å². The maximum atomic E-state index is 6.57. The summed E-state index contributed by atoms with van der Waals surface area (Å²) in [5.74, 6) is 0. The third kappa shape index (κ3) is 3.05. The quantitative estimate of drug-likeness (QED) is 0.922. The number of nitrogens with one attached hydrogen (secondary N) is 1. The Labute approximate surface area is 133 Å². The van der Waals surface area contributed by atoms with Crippen LogP contribution in [0.15, 0.2) is 18.2 Å². The lowest BCUT2D eigenvalue weighted by molar-refractivity contribution is 0.203. The van der Waals surface area contributed by atoms with E-state index in [4.69, 9.17) is 11.6 Å². The van der Waals surface area contributed by atoms with E-state index in [1.165, 1.54) is 30.6 Å². The average molecular weight is 308 g/mol. The molecule has 2 unspecified atom stereocenters. The van der Waals surface area contributed by atoms with Gasteiger partial charge in [0.2, 0.25) is 0 Å². The first-order valence-electron chi connectivity index (χ1n) is 8.19. The highest BCUT2D eigenvalue weighted by molar-refractivity contribution is 6.33. The zero-order chi connectivity index (χ0) is 14.8. The third-order valence-corrected chi connectivity index (χ3v) is 5.17. The van der Waals surface area contributed by atoms with Crippen LogP contribution in [0.4, 0.5) is 5.69 Å². The van der Waals surface area contributed by atoms with Gasteiger partial charge in [0.05, 0.1) is 10.7 Å². The van der Waals surface area contributed by atoms with Crippen molar-refractivity contribution < 1.29 is 0 Å². The third-order valence-electron chi connectivity index (χ3n) is 4.86. The molecule has 0 aromatic heterocycles. The van der Waals surface area contributed by atoms with Crippen LogP contribution in [-0.2, 0) is 6.54 Å². The Bertz CT molecular complexity index is 491. The van der Waals surface area contributed by atoms with Gasteiger partial charge in [-0.25, -0.2) is 0 Å². The summed E-state index contributed by atoms with van der Waals surface area (Å²) < 4.78 is 0. The molecular weight excluding hydrogens is 282 g/mol. The molecule has 2 atom stereocenters. The van der Waals surface area contributed by atoms with Gasteiger partial charge in [-0.3, -0.25) is 4.90 Å². The number of rotatable bonds is 4. The molecule has 2 aliphatic heterocycles. The van der Waals surface area contributed by atoms with Crippen LogP contribution < -0.4 is 10.2 Å². The monoisotopic (exact) mass is 307 g/mol. The standard InChI is InChI=1S/C17H26ClN3/c1-3-19-10-14-6-4-8-16(18)17(14)21-12-15-7-5-9-20(15)11-13(21)2/h4,6,8,13,15,19H,3,5,7,9-12H2,1-2H3. The van der Waals surface area contributed by atoms with E-state index in [9.17, 15) is 0 Å². The van der Waals surface area contributed by atoms with Gasteiger partial charge < -0.3 is 10.2 Å². The Hall–Kier alpha value is -0.770. The Morgan fingerprint density at radius 3 is 3.00 bits per heavy atom. The molecule has 3 rings (SSSR count). The molecule has 2 heterocycles. The van der Waals surface area contributed by atoms with Crippen molar-refractivity contribution in [2.45, 2.75) is 45.3 Å². The van der Waals surface area contributed by atoms with E-state index in [0.29, 0.717) is 12.1 Å². The molecule has 1 aromatic rings. The van der Waals surface area contributed by atoms with E-state index in [1.807, 2.05) is 6.07 Å². The average Bonchev–Trinajstić information content (AvgIpc) is 2.91. The Morgan fingerprint density at radius 2 is 2.19 bits per heavy atom. The summed E-state index contributed by atoms with van der Waals surface area (Å²) in [6.07, 6.45) is 2.67. The first kappa shape index (κ1) is 15.1. The molecule has 2 aliphatic rings. The Kier molecular flexibility index (Phi) is 4.72. The van der Waals surface area contributed by atoms with Crippen LogP contribution in [0.1, 0.15) is 32.3 Å². The molecule has 1 N–H and O–H groups in total. The van der Waals surface area contributed by atoms with Crippen molar-refractivity contribution >= 4 is 17.3 Å². The molecule has 0 aliphatic carbocycles. The van der Waals surface area contributed by atoms with Gasteiger partial charge in [-0.1, -0.05) is 30.7 Å². The molecule has 2 saturated heterocycles. The summed E-state index contributed by atoms with van der Waals surface area (Å²) >= 11 is 6.57. The summed E-state index contributed by atoms with van der Waals surface area (Å²) in [5.41, 5.74) is 2.57. The van der Waals surface area contributed by atoms with Crippen LogP contribution in [0.5, 0.6) is 0 Å². The molecule has 21 heavy (non-hydrogen) atoms. The lowest BCUT2D eigenvalue weighted by Gasteiger charge is -2.44. The first-order chi connectivity index (χ1) is 10.2. The topological polar surface area (TPSA) is 18.5 Å². The molecule has 1 aromatic carbocycles. The number of nitrogens with zero attached hydrogens (tertiary/aromatic N) is 2. The van der Waals surface area contributed by atoms with E-state index in [1.54, 1.807) is 0 Å². The minimum absolute atomic E-state index is 0.527. The van der Waals surface area contributed by atoms with Crippen molar-refractivity contribution in [3.05, 3.63) is 28.8 Å². The van der Waals surface area contributed by atoms with Gasteiger partial charge in [-0.15, -0.1) is 0 Å². The zero-order valence-corrected chi connectivity index (χ0v) is 13.9. The van der Waals surface area contributed by atoms with Crippen molar-refractivity contribution in [3.8, 4) is 0 Å². The molecule has 0 amide bonds. The highest BCUT2D eigenvalue weighted by atomic mass is 35.5. The maximum absolute atomic E-state index is 6.57. The highest BCUT2D eigenvalue weighted by Gasteiger charge is 2.35. The number of piperazine rings is 1. The van der Waals surface area contributed by atoms with Crippen LogP contribution in [0.3, 0.4) is 0 Å². The number of para-hydroxylation sites is 1. The van der Waals surface area contributed by atoms with E-state index < -0.39 is 0 Å². The maximum Gasteiger partial charge on any atom is 0.0643 e. The fraction of sp³-hybridized carbons (Fsp3) is 0.647. The SMILES string of the molecule is CCNCc1cccc(Cl)c1N1CC2CCCN2CC1C. The second-order valence-electron chi connectivity index (χ2n) is 6.32. The summed E-state index contributed by atoms with van der Waals surface area (Å²) in [4.78, 5) is 5.20. The van der Waals surface area contributed by atoms with Crippen LogP contribution >= 0.6 is 11.6 Å². The summed E-state index contributed by atoms with van der Waals surface area (Å²) in [7, 11) is 0. The fourth-order valence-electron chi connectivity index (χ4n) is 3.78. The van der Waals surface area contributed by atoms with Gasteiger partial charge in [-0.05, 0) is 44.5 Å². The van der Waals surface area contributed by atoms with E-state index >= 15 is 0 Å². The molecule has 116 valence electrons. The molecule has 0 spiro atoms. The number of hydrogen-bond acceptors (Lipinski definition) is 3. The molecular formula is C17H26ClN3. The van der Waals surface area contributed by atoms with Crippen molar-refractivity contribution in [2.24, 2.45) is 0 Å². The second kappa shape index (κ2) is 6.55. The Morgan fingerprint density at radius 1 is 1.33 bits per heavy atom. The number of anilines is 1. The minimum Gasteiger partial charge on any atom is -0.365 e. The smallest absolute Gasteiger partial charge is 0.0643 e.